The minimum absolute atomic E-state index is 0.0215. The van der Waals surface area contributed by atoms with E-state index in [1.54, 1.807) is 26.0 Å². The van der Waals surface area contributed by atoms with Gasteiger partial charge in [-0.2, -0.15) is 0 Å². The summed E-state index contributed by atoms with van der Waals surface area (Å²) in [6, 6.07) is 18.6. The lowest BCUT2D eigenvalue weighted by Crippen LogP contribution is -2.58. The molecule has 0 aromatic heterocycles. The minimum Gasteiger partial charge on any atom is -0.447 e. The molecule has 0 bridgehead atoms. The Balaban J connectivity index is 0.000000184. The fourth-order valence-corrected chi connectivity index (χ4v) is 16.2. The van der Waals surface area contributed by atoms with Crippen molar-refractivity contribution in [1.29, 1.82) is 0 Å². The molecule has 0 amide bonds. The first-order valence-corrected chi connectivity index (χ1v) is 24.7. The molecule has 8 aliphatic rings. The molecule has 0 saturated heterocycles. The molecule has 8 aliphatic carbocycles. The zero-order valence-corrected chi connectivity index (χ0v) is 39.2. The summed E-state index contributed by atoms with van der Waals surface area (Å²) in [4.78, 5) is 63.6. The highest BCUT2D eigenvalue weighted by Gasteiger charge is 2.68. The predicted octanol–water partition coefficient (Wildman–Crippen LogP) is 11.8. The SMILES string of the molecule is CC(=O)[C@@]1(O)CCC2C3CCC4=CC(=O)CC[C@]4(C)C3CC[C@@]21C.CC(=O)[C@@]1(OC(=O)c2ccccc2)CCC2C3CC=C4C=C(CC(=O)c5ccccc5)CC[C@]4(C)C3CC[C@@]21C. The maximum absolute atomic E-state index is 13.3. The molecule has 6 unspecified atom stereocenters. The third-order valence-electron chi connectivity index (χ3n) is 20.0. The highest BCUT2D eigenvalue weighted by Crippen LogP contribution is 2.69. The van der Waals surface area contributed by atoms with E-state index in [0.29, 0.717) is 72.5 Å². The summed E-state index contributed by atoms with van der Waals surface area (Å²) in [5, 5.41) is 11.1. The number of esters is 1. The van der Waals surface area contributed by atoms with E-state index in [0.717, 1.165) is 82.6 Å². The standard InChI is InChI=1S/C36H40O4.C21H30O3/c1-24(37)36(40-33(39)27-12-8-5-9-13-27)21-18-31-29-15-14-28-22-25(23-32(38)26-10-6-4-7-11-26)16-19-34(28,2)30(29)17-20-35(31,36)3;1-13(22)21(24)11-8-18-16-5-4-14-12-15(23)6-9-19(14,2)17(16)7-10-20(18,21)3/h4-14,22,29-31H,15-21,23H2,1-3H3;12,16-18,24H,4-11H2,1-3H3/t29?,30?,31?,34-,35-,36-;16?,17?,18?,19-,20-,21-/m00/s1. The Bertz CT molecular complexity index is 2320. The Labute approximate surface area is 381 Å². The van der Waals surface area contributed by atoms with Crippen molar-refractivity contribution in [3.63, 3.8) is 0 Å². The summed E-state index contributed by atoms with van der Waals surface area (Å²) < 4.78 is 6.27. The molecule has 5 saturated carbocycles. The van der Waals surface area contributed by atoms with Crippen LogP contribution in [0.3, 0.4) is 0 Å². The molecule has 0 radical (unpaired) electrons. The number of benzene rings is 2. The molecular formula is C57H70O7. The van der Waals surface area contributed by atoms with Gasteiger partial charge in [-0.1, -0.05) is 99.5 Å². The van der Waals surface area contributed by atoms with Gasteiger partial charge in [-0.3, -0.25) is 19.2 Å². The molecule has 340 valence electrons. The molecule has 64 heavy (non-hydrogen) atoms. The Hall–Kier alpha value is -4.23. The van der Waals surface area contributed by atoms with Crippen LogP contribution in [0.2, 0.25) is 0 Å². The molecule has 7 nitrogen and oxygen atoms in total. The van der Waals surface area contributed by atoms with E-state index < -0.39 is 17.2 Å². The molecule has 5 fully saturated rings. The van der Waals surface area contributed by atoms with Crippen LogP contribution in [0.4, 0.5) is 0 Å². The minimum atomic E-state index is -1.12. The summed E-state index contributed by atoms with van der Waals surface area (Å²) in [6.45, 7) is 12.4. The van der Waals surface area contributed by atoms with E-state index >= 15 is 0 Å². The molecule has 12 atom stereocenters. The van der Waals surface area contributed by atoms with Crippen molar-refractivity contribution in [3.05, 3.63) is 107 Å². The third-order valence-corrected chi connectivity index (χ3v) is 20.0. The van der Waals surface area contributed by atoms with Gasteiger partial charge in [0.15, 0.2) is 28.7 Å². The fraction of sp³-hybridized carbons (Fsp3) is 0.596. The summed E-state index contributed by atoms with van der Waals surface area (Å²) in [5.41, 5.74) is 2.70. The third kappa shape index (κ3) is 6.86. The highest BCUT2D eigenvalue weighted by atomic mass is 16.6. The summed E-state index contributed by atoms with van der Waals surface area (Å²) in [5.74, 6) is 3.00. The van der Waals surface area contributed by atoms with Crippen LogP contribution in [-0.2, 0) is 19.1 Å². The first kappa shape index (κ1) is 44.9. The van der Waals surface area contributed by atoms with E-state index in [-0.39, 0.29) is 39.0 Å². The van der Waals surface area contributed by atoms with Crippen molar-refractivity contribution in [2.75, 3.05) is 0 Å². The number of allylic oxidation sites excluding steroid dienone is 5. The Morgan fingerprint density at radius 3 is 1.89 bits per heavy atom. The van der Waals surface area contributed by atoms with Gasteiger partial charge in [-0.25, -0.2) is 4.79 Å². The molecule has 1 N–H and O–H groups in total. The quantitative estimate of drug-likeness (QED) is 0.218. The second kappa shape index (κ2) is 16.3. The van der Waals surface area contributed by atoms with Gasteiger partial charge in [-0.15, -0.1) is 0 Å². The number of Topliss-reactive ketones (excluding diaryl/α,β-unsaturated/α-hetero) is 3. The monoisotopic (exact) mass is 867 g/mol. The van der Waals surface area contributed by atoms with Gasteiger partial charge in [-0.05, 0) is 174 Å². The van der Waals surface area contributed by atoms with Crippen molar-refractivity contribution in [2.24, 2.45) is 57.2 Å². The van der Waals surface area contributed by atoms with Crippen LogP contribution >= 0.6 is 0 Å². The number of hydrogen-bond donors (Lipinski definition) is 1. The van der Waals surface area contributed by atoms with E-state index in [1.165, 1.54) is 16.7 Å². The Morgan fingerprint density at radius 2 is 1.22 bits per heavy atom. The first-order chi connectivity index (χ1) is 30.4. The van der Waals surface area contributed by atoms with Gasteiger partial charge in [0.2, 0.25) is 0 Å². The summed E-state index contributed by atoms with van der Waals surface area (Å²) in [6.07, 6.45) is 21.0. The summed E-state index contributed by atoms with van der Waals surface area (Å²) >= 11 is 0. The van der Waals surface area contributed by atoms with Gasteiger partial charge in [0.1, 0.15) is 5.60 Å². The second-order valence-corrected chi connectivity index (χ2v) is 22.5. The number of fused-ring (bicyclic) bond motifs is 10. The normalized spacial score (nSPS) is 40.5. The van der Waals surface area contributed by atoms with Crippen LogP contribution in [0.1, 0.15) is 165 Å². The molecule has 0 heterocycles. The lowest BCUT2D eigenvalue weighted by Gasteiger charge is -2.58. The molecule has 0 aliphatic heterocycles. The van der Waals surface area contributed by atoms with E-state index in [9.17, 15) is 29.1 Å². The largest absolute Gasteiger partial charge is 0.447 e. The van der Waals surface area contributed by atoms with Gasteiger partial charge < -0.3 is 9.84 Å². The van der Waals surface area contributed by atoms with Gasteiger partial charge in [0.25, 0.3) is 0 Å². The van der Waals surface area contributed by atoms with Gasteiger partial charge in [0.05, 0.1) is 5.56 Å². The van der Waals surface area contributed by atoms with E-state index in [1.807, 2.05) is 54.6 Å². The smallest absolute Gasteiger partial charge is 0.339 e. The maximum Gasteiger partial charge on any atom is 0.339 e. The fourth-order valence-electron chi connectivity index (χ4n) is 16.2. The Morgan fingerprint density at radius 1 is 0.625 bits per heavy atom. The molecule has 2 aromatic carbocycles. The predicted molar refractivity (Wildman–Crippen MR) is 248 cm³/mol. The summed E-state index contributed by atoms with van der Waals surface area (Å²) in [7, 11) is 0. The van der Waals surface area contributed by atoms with Crippen LogP contribution < -0.4 is 0 Å². The molecule has 0 spiro atoms. The molecule has 7 heteroatoms. The topological polar surface area (TPSA) is 115 Å². The molecular weight excluding hydrogens is 797 g/mol. The number of aliphatic hydroxyl groups is 1. The zero-order chi connectivity index (χ0) is 45.5. The highest BCUT2D eigenvalue weighted by molar-refractivity contribution is 5.97. The Kier molecular flexibility index (Phi) is 11.4. The number of rotatable bonds is 7. The van der Waals surface area contributed by atoms with Crippen molar-refractivity contribution in [2.45, 2.75) is 155 Å². The molecule has 10 rings (SSSR count). The average Bonchev–Trinajstić information content (AvgIpc) is 3.75. The van der Waals surface area contributed by atoms with Crippen LogP contribution in [0.15, 0.2) is 95.6 Å². The van der Waals surface area contributed by atoms with Crippen LogP contribution in [0, 0.1) is 57.2 Å². The van der Waals surface area contributed by atoms with Crippen molar-refractivity contribution >= 4 is 29.1 Å². The lowest BCUT2D eigenvalue weighted by atomic mass is 9.46. The van der Waals surface area contributed by atoms with Crippen molar-refractivity contribution in [3.8, 4) is 0 Å². The van der Waals surface area contributed by atoms with Crippen molar-refractivity contribution < 1.29 is 33.8 Å². The zero-order valence-electron chi connectivity index (χ0n) is 39.2. The number of ether oxygens (including phenoxy) is 1. The van der Waals surface area contributed by atoms with Crippen molar-refractivity contribution in [1.82, 2.24) is 0 Å². The number of carbonyl (C=O) groups is 5. The first-order valence-electron chi connectivity index (χ1n) is 24.7. The molecule has 2 aromatic rings. The van der Waals surface area contributed by atoms with Gasteiger partial charge in [0, 0.05) is 29.2 Å². The number of ketones is 4. The number of carbonyl (C=O) groups excluding carboxylic acids is 5. The maximum atomic E-state index is 13.3. The van der Waals surface area contributed by atoms with Crippen LogP contribution in [-0.4, -0.2) is 45.4 Å². The van der Waals surface area contributed by atoms with Crippen LogP contribution in [0.25, 0.3) is 0 Å². The van der Waals surface area contributed by atoms with E-state index in [2.05, 4.69) is 39.8 Å². The van der Waals surface area contributed by atoms with Gasteiger partial charge >= 0.3 is 5.97 Å². The lowest BCUT2D eigenvalue weighted by molar-refractivity contribution is -0.160. The second-order valence-electron chi connectivity index (χ2n) is 22.5. The van der Waals surface area contributed by atoms with E-state index in [4.69, 9.17) is 4.74 Å². The van der Waals surface area contributed by atoms with Crippen LogP contribution in [0.5, 0.6) is 0 Å². The average molecular weight is 867 g/mol. The number of hydrogen-bond acceptors (Lipinski definition) is 7.